The van der Waals surface area contributed by atoms with Crippen LogP contribution in [0.3, 0.4) is 0 Å². The molecule has 1 heterocycles. The maximum absolute atomic E-state index is 11.5. The van der Waals surface area contributed by atoms with Crippen molar-refractivity contribution in [1.29, 1.82) is 0 Å². The molecule has 0 N–H and O–H groups in total. The maximum Gasteiger partial charge on any atom is 0.377 e. The molecule has 0 aliphatic carbocycles. The molecule has 0 amide bonds. The zero-order valence-corrected chi connectivity index (χ0v) is 9.38. The van der Waals surface area contributed by atoms with E-state index < -0.39 is 5.97 Å². The van der Waals surface area contributed by atoms with E-state index in [-0.39, 0.29) is 5.76 Å². The van der Waals surface area contributed by atoms with Gasteiger partial charge in [-0.3, -0.25) is 0 Å². The van der Waals surface area contributed by atoms with Crippen LogP contribution >= 0.6 is 0 Å². The van der Waals surface area contributed by atoms with Gasteiger partial charge in [0.15, 0.2) is 0 Å². The van der Waals surface area contributed by atoms with Gasteiger partial charge in [-0.15, -0.1) is 0 Å². The van der Waals surface area contributed by atoms with Crippen LogP contribution in [0.25, 0.3) is 0 Å². The van der Waals surface area contributed by atoms with Gasteiger partial charge in [-0.05, 0) is 13.3 Å². The van der Waals surface area contributed by atoms with Crippen LogP contribution in [-0.4, -0.2) is 25.8 Å². The number of allylic oxidation sites excluding steroid dienone is 1. The van der Waals surface area contributed by atoms with Crippen LogP contribution in [0.2, 0.25) is 0 Å². The smallest absolute Gasteiger partial charge is 0.377 e. The summed E-state index contributed by atoms with van der Waals surface area (Å²) in [5.41, 5.74) is 0. The fourth-order valence-corrected chi connectivity index (χ4v) is 1.35. The Morgan fingerprint density at radius 3 is 2.73 bits per heavy atom. The van der Waals surface area contributed by atoms with E-state index in [9.17, 15) is 4.79 Å². The van der Waals surface area contributed by atoms with Gasteiger partial charge in [-0.1, -0.05) is 13.3 Å². The van der Waals surface area contributed by atoms with Crippen LogP contribution in [-0.2, 0) is 19.0 Å². The Labute approximate surface area is 90.2 Å². The summed E-state index contributed by atoms with van der Waals surface area (Å²) < 4.78 is 15.6. The van der Waals surface area contributed by atoms with Crippen LogP contribution in [0, 0.1) is 0 Å². The molecule has 0 radical (unpaired) electrons. The minimum absolute atomic E-state index is 0.261. The molecular weight excluding hydrogens is 196 g/mol. The lowest BCUT2D eigenvalue weighted by molar-refractivity contribution is -0.144. The first-order valence-corrected chi connectivity index (χ1v) is 5.45. The van der Waals surface area contributed by atoms with Gasteiger partial charge in [0.1, 0.15) is 19.0 Å². The van der Waals surface area contributed by atoms with Crippen molar-refractivity contribution in [2.75, 3.05) is 19.8 Å². The van der Waals surface area contributed by atoms with Crippen molar-refractivity contribution in [3.8, 4) is 0 Å². The Morgan fingerprint density at radius 2 is 2.07 bits per heavy atom. The molecule has 0 aromatic rings. The number of carbonyl (C=O) groups is 1. The fourth-order valence-electron chi connectivity index (χ4n) is 1.35. The quantitative estimate of drug-likeness (QED) is 0.656. The van der Waals surface area contributed by atoms with Crippen LogP contribution in [0.5, 0.6) is 0 Å². The van der Waals surface area contributed by atoms with E-state index in [0.29, 0.717) is 25.6 Å². The lowest BCUT2D eigenvalue weighted by atomic mass is 10.2. The molecule has 15 heavy (non-hydrogen) atoms. The minimum atomic E-state index is -0.414. The van der Waals surface area contributed by atoms with Gasteiger partial charge in [0.2, 0.25) is 5.76 Å². The normalized spacial score (nSPS) is 15.6. The molecule has 4 heteroatoms. The van der Waals surface area contributed by atoms with Gasteiger partial charge in [0.05, 0.1) is 6.61 Å². The Kier molecular flexibility index (Phi) is 5.01. The molecule has 1 rings (SSSR count). The predicted molar refractivity (Wildman–Crippen MR) is 55.1 cm³/mol. The third-order valence-electron chi connectivity index (χ3n) is 2.08. The highest BCUT2D eigenvalue weighted by Gasteiger charge is 2.23. The minimum Gasteiger partial charge on any atom is -0.490 e. The van der Waals surface area contributed by atoms with Gasteiger partial charge in [0, 0.05) is 6.42 Å². The van der Waals surface area contributed by atoms with Gasteiger partial charge < -0.3 is 14.2 Å². The number of carbonyl (C=O) groups excluding carboxylic acids is 1. The summed E-state index contributed by atoms with van der Waals surface area (Å²) in [6.45, 7) is 5.15. The highest BCUT2D eigenvalue weighted by molar-refractivity contribution is 5.86. The van der Waals surface area contributed by atoms with Crippen LogP contribution < -0.4 is 0 Å². The van der Waals surface area contributed by atoms with Crippen molar-refractivity contribution in [2.24, 2.45) is 0 Å². The molecule has 86 valence electrons. The number of hydrogen-bond donors (Lipinski definition) is 0. The second kappa shape index (κ2) is 6.32. The number of rotatable bonds is 5. The average molecular weight is 214 g/mol. The molecule has 1 aliphatic rings. The second-order valence-electron chi connectivity index (χ2n) is 3.27. The first kappa shape index (κ1) is 11.9. The van der Waals surface area contributed by atoms with Gasteiger partial charge in [0.25, 0.3) is 0 Å². The monoisotopic (exact) mass is 214 g/mol. The van der Waals surface area contributed by atoms with E-state index in [1.165, 1.54) is 0 Å². The Hall–Kier alpha value is -1.19. The molecule has 1 aliphatic heterocycles. The van der Waals surface area contributed by atoms with E-state index >= 15 is 0 Å². The van der Waals surface area contributed by atoms with E-state index in [1.54, 1.807) is 6.92 Å². The SMILES string of the molecule is CCCCC1=C(C(=O)OCC)OCCO1. The number of esters is 1. The Morgan fingerprint density at radius 1 is 1.33 bits per heavy atom. The van der Waals surface area contributed by atoms with Crippen molar-refractivity contribution >= 4 is 5.97 Å². The standard InChI is InChI=1S/C11H18O4/c1-3-5-6-9-10(11(12)13-4-2)15-8-7-14-9/h3-8H2,1-2H3. The average Bonchev–Trinajstić information content (AvgIpc) is 2.27. The zero-order valence-electron chi connectivity index (χ0n) is 9.38. The van der Waals surface area contributed by atoms with E-state index in [1.807, 2.05) is 0 Å². The summed E-state index contributed by atoms with van der Waals surface area (Å²) in [5.74, 6) is 0.487. The molecule has 0 aromatic heterocycles. The largest absolute Gasteiger partial charge is 0.490 e. The third kappa shape index (κ3) is 3.46. The van der Waals surface area contributed by atoms with Crippen molar-refractivity contribution in [2.45, 2.75) is 33.1 Å². The molecule has 4 nitrogen and oxygen atoms in total. The summed E-state index contributed by atoms with van der Waals surface area (Å²) in [7, 11) is 0. The summed E-state index contributed by atoms with van der Waals surface area (Å²) >= 11 is 0. The third-order valence-corrected chi connectivity index (χ3v) is 2.08. The van der Waals surface area contributed by atoms with Crippen molar-refractivity contribution in [3.63, 3.8) is 0 Å². The summed E-state index contributed by atoms with van der Waals surface area (Å²) in [4.78, 5) is 11.5. The molecule has 0 bridgehead atoms. The van der Waals surface area contributed by atoms with Gasteiger partial charge in [-0.2, -0.15) is 0 Å². The lowest BCUT2D eigenvalue weighted by Gasteiger charge is -2.20. The molecule has 0 aromatic carbocycles. The zero-order chi connectivity index (χ0) is 11.1. The van der Waals surface area contributed by atoms with E-state index in [0.717, 1.165) is 19.3 Å². The van der Waals surface area contributed by atoms with Gasteiger partial charge in [-0.25, -0.2) is 4.79 Å². The summed E-state index contributed by atoms with van der Waals surface area (Å²) in [6.07, 6.45) is 2.79. The highest BCUT2D eigenvalue weighted by Crippen LogP contribution is 2.20. The predicted octanol–water partition coefficient (Wildman–Crippen LogP) is 2.00. The maximum atomic E-state index is 11.5. The molecule has 0 atom stereocenters. The molecule has 0 spiro atoms. The van der Waals surface area contributed by atoms with Crippen LogP contribution in [0.4, 0.5) is 0 Å². The molecule has 0 saturated heterocycles. The Balaban J connectivity index is 2.66. The lowest BCUT2D eigenvalue weighted by Crippen LogP contribution is -2.21. The molecule has 0 saturated carbocycles. The first-order chi connectivity index (χ1) is 7.29. The van der Waals surface area contributed by atoms with E-state index in [4.69, 9.17) is 14.2 Å². The Bertz CT molecular complexity index is 245. The van der Waals surface area contributed by atoms with Crippen molar-refractivity contribution in [1.82, 2.24) is 0 Å². The second-order valence-corrected chi connectivity index (χ2v) is 3.27. The van der Waals surface area contributed by atoms with Crippen LogP contribution in [0.1, 0.15) is 33.1 Å². The highest BCUT2D eigenvalue weighted by atomic mass is 16.6. The number of ether oxygens (including phenoxy) is 3. The molecular formula is C11H18O4. The number of unbranched alkanes of at least 4 members (excludes halogenated alkanes) is 1. The summed E-state index contributed by atoms with van der Waals surface area (Å²) in [5, 5.41) is 0. The van der Waals surface area contributed by atoms with E-state index in [2.05, 4.69) is 6.92 Å². The molecule has 0 fully saturated rings. The topological polar surface area (TPSA) is 44.8 Å². The molecule has 0 unspecified atom stereocenters. The summed E-state index contributed by atoms with van der Waals surface area (Å²) in [6, 6.07) is 0. The number of hydrogen-bond acceptors (Lipinski definition) is 4. The fraction of sp³-hybridized carbons (Fsp3) is 0.727. The van der Waals surface area contributed by atoms with Crippen molar-refractivity contribution < 1.29 is 19.0 Å². The van der Waals surface area contributed by atoms with Crippen molar-refractivity contribution in [3.05, 3.63) is 11.5 Å². The van der Waals surface area contributed by atoms with Crippen LogP contribution in [0.15, 0.2) is 11.5 Å². The first-order valence-electron chi connectivity index (χ1n) is 5.45. The van der Waals surface area contributed by atoms with Gasteiger partial charge >= 0.3 is 5.97 Å².